The van der Waals surface area contributed by atoms with Crippen LogP contribution in [0.2, 0.25) is 0 Å². The maximum Gasteiger partial charge on any atom is 3.00 e. The van der Waals surface area contributed by atoms with Gasteiger partial charge < -0.3 is 19.8 Å². The number of allylic oxidation sites excluding steroid dienone is 3. The molecule has 0 saturated heterocycles. The molecule has 1 aliphatic rings. The molecule has 0 aromatic heterocycles. The Hall–Kier alpha value is 0.154. The van der Waals surface area contributed by atoms with E-state index < -0.39 is 0 Å². The van der Waals surface area contributed by atoms with E-state index in [1.807, 2.05) is 0 Å². The largest absolute Gasteiger partial charge is 3.00 e. The average Bonchev–Trinajstić information content (AvgIpc) is 2.58. The van der Waals surface area contributed by atoms with E-state index in [4.69, 9.17) is 0 Å². The van der Waals surface area contributed by atoms with Gasteiger partial charge in [0.25, 0.3) is 0 Å². The molecule has 0 fully saturated rings. The molecule has 0 aromatic carbocycles. The Labute approximate surface area is 137 Å². The SMILES string of the molecule is CC(C)C1=[C-]C(C(C)C)=C(CCN(C)C)C1.[CH3-].[CH3-].[Ti+3]. The van der Waals surface area contributed by atoms with Gasteiger partial charge >= 0.3 is 21.7 Å². The quantitative estimate of drug-likeness (QED) is 0.530. The molecular formula is C17H32NTi. The van der Waals surface area contributed by atoms with Crippen molar-refractivity contribution < 1.29 is 21.7 Å². The van der Waals surface area contributed by atoms with Crippen LogP contribution in [-0.2, 0) is 21.7 Å². The van der Waals surface area contributed by atoms with Crippen molar-refractivity contribution in [3.8, 4) is 0 Å². The van der Waals surface area contributed by atoms with Crippen LogP contribution in [-0.4, -0.2) is 25.5 Å². The molecule has 1 nitrogen and oxygen atoms in total. The summed E-state index contributed by atoms with van der Waals surface area (Å²) in [6.45, 7) is 10.3. The smallest absolute Gasteiger partial charge is 0.358 e. The molecule has 0 unspecified atom stereocenters. The Kier molecular flexibility index (Phi) is 13.9. The van der Waals surface area contributed by atoms with Crippen LogP contribution < -0.4 is 0 Å². The minimum Gasteiger partial charge on any atom is -0.358 e. The average molecular weight is 298 g/mol. The second-order valence-electron chi connectivity index (χ2n) is 5.71. The van der Waals surface area contributed by atoms with Crippen molar-refractivity contribution in [2.45, 2.75) is 40.5 Å². The van der Waals surface area contributed by atoms with Gasteiger partial charge in [-0.05, 0) is 26.6 Å². The molecule has 0 aromatic rings. The fourth-order valence-corrected chi connectivity index (χ4v) is 2.11. The summed E-state index contributed by atoms with van der Waals surface area (Å²) in [7, 11) is 4.29. The molecule has 109 valence electrons. The van der Waals surface area contributed by atoms with Gasteiger partial charge in [0.2, 0.25) is 0 Å². The molecule has 0 spiro atoms. The molecule has 0 amide bonds. The van der Waals surface area contributed by atoms with Crippen LogP contribution in [0.15, 0.2) is 16.7 Å². The van der Waals surface area contributed by atoms with E-state index >= 15 is 0 Å². The van der Waals surface area contributed by atoms with Gasteiger partial charge in [0.05, 0.1) is 0 Å². The molecule has 2 heteroatoms. The summed E-state index contributed by atoms with van der Waals surface area (Å²) in [4.78, 5) is 2.26. The third-order valence-electron chi connectivity index (χ3n) is 3.22. The zero-order valence-corrected chi connectivity index (χ0v) is 15.8. The summed E-state index contributed by atoms with van der Waals surface area (Å²) in [5.41, 5.74) is 4.59. The number of nitrogens with zero attached hydrogens (tertiary/aromatic N) is 1. The van der Waals surface area contributed by atoms with Crippen LogP contribution in [0, 0.1) is 32.8 Å². The van der Waals surface area contributed by atoms with E-state index in [-0.39, 0.29) is 36.6 Å². The minimum atomic E-state index is 0. The van der Waals surface area contributed by atoms with Crippen molar-refractivity contribution >= 4 is 0 Å². The molecule has 0 atom stereocenters. The van der Waals surface area contributed by atoms with E-state index in [1.54, 1.807) is 5.57 Å². The molecule has 0 bridgehead atoms. The summed E-state index contributed by atoms with van der Waals surface area (Å²) in [6.07, 6.45) is 6.01. The van der Waals surface area contributed by atoms with Gasteiger partial charge in [-0.3, -0.25) is 0 Å². The Balaban J connectivity index is -0.000000853. The monoisotopic (exact) mass is 298 g/mol. The Morgan fingerprint density at radius 1 is 1.05 bits per heavy atom. The Morgan fingerprint density at radius 3 is 1.95 bits per heavy atom. The first-order valence-electron chi connectivity index (χ1n) is 6.41. The third kappa shape index (κ3) is 7.49. The van der Waals surface area contributed by atoms with Crippen LogP contribution in [0.3, 0.4) is 0 Å². The summed E-state index contributed by atoms with van der Waals surface area (Å²) >= 11 is 0. The minimum absolute atomic E-state index is 0. The topological polar surface area (TPSA) is 3.24 Å². The number of rotatable bonds is 5. The van der Waals surface area contributed by atoms with Gasteiger partial charge in [-0.25, -0.2) is 17.2 Å². The van der Waals surface area contributed by atoms with Crippen LogP contribution in [0.4, 0.5) is 0 Å². The molecule has 0 N–H and O–H groups in total. The molecule has 1 radical (unpaired) electrons. The Bertz CT molecular complexity index is 298. The molecule has 1 rings (SSSR count). The van der Waals surface area contributed by atoms with Crippen LogP contribution >= 0.6 is 0 Å². The van der Waals surface area contributed by atoms with E-state index in [2.05, 4.69) is 52.8 Å². The van der Waals surface area contributed by atoms with Crippen LogP contribution in [0.25, 0.3) is 0 Å². The van der Waals surface area contributed by atoms with Gasteiger partial charge in [0.1, 0.15) is 0 Å². The van der Waals surface area contributed by atoms with Crippen molar-refractivity contribution in [1.29, 1.82) is 0 Å². The summed E-state index contributed by atoms with van der Waals surface area (Å²) < 4.78 is 0. The molecule has 0 aliphatic heterocycles. The predicted octanol–water partition coefficient (Wildman–Crippen LogP) is 4.58. The summed E-state index contributed by atoms with van der Waals surface area (Å²) in [5, 5.41) is 0. The van der Waals surface area contributed by atoms with E-state index in [0.717, 1.165) is 6.54 Å². The fourth-order valence-electron chi connectivity index (χ4n) is 2.11. The first-order chi connectivity index (χ1) is 7.41. The summed E-state index contributed by atoms with van der Waals surface area (Å²) in [5.74, 6) is 1.26. The second kappa shape index (κ2) is 10.9. The summed E-state index contributed by atoms with van der Waals surface area (Å²) in [6, 6.07) is 0. The first-order valence-corrected chi connectivity index (χ1v) is 6.41. The van der Waals surface area contributed by atoms with Crippen molar-refractivity contribution in [3.05, 3.63) is 37.6 Å². The van der Waals surface area contributed by atoms with E-state index in [9.17, 15) is 0 Å². The molecule has 0 saturated carbocycles. The maximum absolute atomic E-state index is 3.64. The molecule has 0 heterocycles. The first kappa shape index (κ1) is 24.2. The van der Waals surface area contributed by atoms with E-state index in [1.165, 1.54) is 24.0 Å². The molecular weight excluding hydrogens is 266 g/mol. The van der Waals surface area contributed by atoms with Crippen LogP contribution in [0.5, 0.6) is 0 Å². The second-order valence-corrected chi connectivity index (χ2v) is 5.71. The fraction of sp³-hybridized carbons (Fsp3) is 0.647. The Morgan fingerprint density at radius 2 is 1.58 bits per heavy atom. The zero-order valence-electron chi connectivity index (χ0n) is 14.2. The third-order valence-corrected chi connectivity index (χ3v) is 3.22. The number of hydrogen-bond acceptors (Lipinski definition) is 1. The normalized spacial score (nSPS) is 14.3. The van der Waals surface area contributed by atoms with Crippen molar-refractivity contribution in [2.75, 3.05) is 20.6 Å². The van der Waals surface area contributed by atoms with Crippen molar-refractivity contribution in [2.24, 2.45) is 11.8 Å². The standard InChI is InChI=1S/C15H26N.2CH3.Ti/c1-11(2)14-9-13(7-8-16(5)6)15(10-14)12(3)4;;;/h11-12H,7-9H2,1-6H3;2*1H3;/q3*-1;+3. The van der Waals surface area contributed by atoms with Gasteiger partial charge in [0, 0.05) is 0 Å². The molecule has 19 heavy (non-hydrogen) atoms. The van der Waals surface area contributed by atoms with Crippen molar-refractivity contribution in [1.82, 2.24) is 4.90 Å². The predicted molar refractivity (Wildman–Crippen MR) is 84.1 cm³/mol. The zero-order chi connectivity index (χ0) is 12.3. The van der Waals surface area contributed by atoms with Crippen molar-refractivity contribution in [3.63, 3.8) is 0 Å². The molecule has 1 aliphatic carbocycles. The van der Waals surface area contributed by atoms with Gasteiger partial charge in [-0.2, -0.15) is 5.57 Å². The maximum atomic E-state index is 3.64. The van der Waals surface area contributed by atoms with Gasteiger partial charge in [-0.15, -0.1) is 0 Å². The van der Waals surface area contributed by atoms with Gasteiger partial charge in [-0.1, -0.05) is 46.5 Å². The van der Waals surface area contributed by atoms with Crippen LogP contribution in [0.1, 0.15) is 40.5 Å². The van der Waals surface area contributed by atoms with E-state index in [0.29, 0.717) is 11.8 Å². The number of hydrogen-bond donors (Lipinski definition) is 0. The van der Waals surface area contributed by atoms with Gasteiger partial charge in [0.15, 0.2) is 0 Å².